The van der Waals surface area contributed by atoms with E-state index in [9.17, 15) is 8.78 Å². The Morgan fingerprint density at radius 1 is 1.11 bits per heavy atom. The minimum Gasteiger partial charge on any atom is -0.235 e. The SMILES string of the molecule is Fc1cccc(F)c1-c1cc2ncnc(Cl)c2s1. The minimum absolute atomic E-state index is 0.0587. The van der Waals surface area contributed by atoms with Gasteiger partial charge in [0.25, 0.3) is 0 Å². The van der Waals surface area contributed by atoms with E-state index in [1.165, 1.54) is 35.9 Å². The van der Waals surface area contributed by atoms with Gasteiger partial charge in [0, 0.05) is 4.88 Å². The Morgan fingerprint density at radius 2 is 1.83 bits per heavy atom. The van der Waals surface area contributed by atoms with Crippen molar-refractivity contribution in [2.24, 2.45) is 0 Å². The second-order valence-corrected chi connectivity index (χ2v) is 5.00. The standard InChI is InChI=1S/C12H5ClF2N2S/c13-12-11-8(16-5-17-12)4-9(18-11)10-6(14)2-1-3-7(10)15/h1-5H. The molecule has 0 saturated carbocycles. The molecule has 0 fully saturated rings. The monoisotopic (exact) mass is 282 g/mol. The minimum atomic E-state index is -0.606. The average molecular weight is 283 g/mol. The molecule has 0 unspecified atom stereocenters. The van der Waals surface area contributed by atoms with Gasteiger partial charge in [-0.3, -0.25) is 0 Å². The third-order valence-corrected chi connectivity index (χ3v) is 4.02. The molecule has 2 nitrogen and oxygen atoms in total. The number of fused-ring (bicyclic) bond motifs is 1. The topological polar surface area (TPSA) is 25.8 Å². The number of hydrogen-bond acceptors (Lipinski definition) is 3. The van der Waals surface area contributed by atoms with E-state index >= 15 is 0 Å². The number of halogens is 3. The summed E-state index contributed by atoms with van der Waals surface area (Å²) in [5.41, 5.74) is 0.522. The van der Waals surface area contributed by atoms with Gasteiger partial charge in [0.05, 0.1) is 15.8 Å². The van der Waals surface area contributed by atoms with Crippen LogP contribution in [0.4, 0.5) is 8.78 Å². The highest BCUT2D eigenvalue weighted by Gasteiger charge is 2.15. The van der Waals surface area contributed by atoms with E-state index in [0.717, 1.165) is 0 Å². The van der Waals surface area contributed by atoms with Crippen LogP contribution in [0, 0.1) is 11.6 Å². The largest absolute Gasteiger partial charge is 0.235 e. The lowest BCUT2D eigenvalue weighted by atomic mass is 10.1. The van der Waals surface area contributed by atoms with Gasteiger partial charge in [-0.05, 0) is 18.2 Å². The van der Waals surface area contributed by atoms with Crippen molar-refractivity contribution in [1.82, 2.24) is 9.97 Å². The van der Waals surface area contributed by atoms with E-state index in [2.05, 4.69) is 9.97 Å². The van der Waals surface area contributed by atoms with E-state index in [4.69, 9.17) is 11.6 Å². The summed E-state index contributed by atoms with van der Waals surface area (Å²) in [6, 6.07) is 5.37. The molecular weight excluding hydrogens is 278 g/mol. The van der Waals surface area contributed by atoms with Crippen molar-refractivity contribution >= 4 is 33.2 Å². The van der Waals surface area contributed by atoms with Gasteiger partial charge in [-0.1, -0.05) is 17.7 Å². The maximum Gasteiger partial charge on any atom is 0.150 e. The molecule has 0 N–H and O–H groups in total. The molecule has 0 aliphatic carbocycles. The molecule has 0 bridgehead atoms. The molecule has 90 valence electrons. The predicted molar refractivity (Wildman–Crippen MR) is 67.8 cm³/mol. The van der Waals surface area contributed by atoms with Crippen LogP contribution < -0.4 is 0 Å². The summed E-state index contributed by atoms with van der Waals surface area (Å²) in [5.74, 6) is -1.21. The van der Waals surface area contributed by atoms with Crippen molar-refractivity contribution < 1.29 is 8.78 Å². The lowest BCUT2D eigenvalue weighted by Gasteiger charge is -2.00. The number of benzene rings is 1. The highest BCUT2D eigenvalue weighted by Crippen LogP contribution is 2.37. The van der Waals surface area contributed by atoms with Gasteiger partial charge in [-0.2, -0.15) is 0 Å². The van der Waals surface area contributed by atoms with Crippen LogP contribution in [0.2, 0.25) is 5.15 Å². The highest BCUT2D eigenvalue weighted by molar-refractivity contribution is 7.22. The first-order valence-electron chi connectivity index (χ1n) is 5.01. The first-order valence-corrected chi connectivity index (χ1v) is 6.20. The molecule has 0 atom stereocenters. The smallest absolute Gasteiger partial charge is 0.150 e. The molecule has 0 spiro atoms. The third-order valence-electron chi connectivity index (χ3n) is 2.48. The summed E-state index contributed by atoms with van der Waals surface area (Å²) in [7, 11) is 0. The average Bonchev–Trinajstić information content (AvgIpc) is 2.74. The van der Waals surface area contributed by atoms with E-state index in [0.29, 0.717) is 15.1 Å². The molecule has 2 aromatic heterocycles. The number of aromatic nitrogens is 2. The Bertz CT molecular complexity index is 722. The summed E-state index contributed by atoms with van der Waals surface area (Å²) < 4.78 is 27.9. The van der Waals surface area contributed by atoms with Crippen molar-refractivity contribution in [2.45, 2.75) is 0 Å². The molecule has 6 heteroatoms. The van der Waals surface area contributed by atoms with Crippen LogP contribution in [-0.4, -0.2) is 9.97 Å². The Kier molecular flexibility index (Phi) is 2.72. The molecule has 3 rings (SSSR count). The maximum atomic E-state index is 13.7. The summed E-state index contributed by atoms with van der Waals surface area (Å²) in [6.07, 6.45) is 1.32. The summed E-state index contributed by atoms with van der Waals surface area (Å²) in [6.45, 7) is 0. The zero-order valence-corrected chi connectivity index (χ0v) is 10.4. The van der Waals surface area contributed by atoms with Crippen LogP contribution in [-0.2, 0) is 0 Å². The lowest BCUT2D eigenvalue weighted by molar-refractivity contribution is 0.590. The summed E-state index contributed by atoms with van der Waals surface area (Å²) >= 11 is 7.08. The highest BCUT2D eigenvalue weighted by atomic mass is 35.5. The van der Waals surface area contributed by atoms with Crippen LogP contribution in [0.5, 0.6) is 0 Å². The molecule has 1 aromatic carbocycles. The summed E-state index contributed by atoms with van der Waals surface area (Å²) in [4.78, 5) is 8.30. The van der Waals surface area contributed by atoms with Crippen LogP contribution in [0.25, 0.3) is 20.7 Å². The van der Waals surface area contributed by atoms with Gasteiger partial charge in [-0.15, -0.1) is 11.3 Å². The lowest BCUT2D eigenvalue weighted by Crippen LogP contribution is -1.86. The Morgan fingerprint density at radius 3 is 2.50 bits per heavy atom. The Hall–Kier alpha value is -1.59. The maximum absolute atomic E-state index is 13.7. The fourth-order valence-corrected chi connectivity index (χ4v) is 2.98. The molecule has 2 heterocycles. The van der Waals surface area contributed by atoms with Gasteiger partial charge in [0.1, 0.15) is 23.1 Å². The van der Waals surface area contributed by atoms with Crippen molar-refractivity contribution in [3.8, 4) is 10.4 Å². The van der Waals surface area contributed by atoms with E-state index in [1.54, 1.807) is 6.07 Å². The normalized spacial score (nSPS) is 11.1. The Balaban J connectivity index is 2.30. The van der Waals surface area contributed by atoms with E-state index in [1.807, 2.05) is 0 Å². The molecule has 0 aliphatic rings. The van der Waals surface area contributed by atoms with Crippen LogP contribution >= 0.6 is 22.9 Å². The molecule has 0 aliphatic heterocycles. The summed E-state index contributed by atoms with van der Waals surface area (Å²) in [5, 5.41) is 0.285. The van der Waals surface area contributed by atoms with Crippen LogP contribution in [0.15, 0.2) is 30.6 Å². The number of hydrogen-bond donors (Lipinski definition) is 0. The zero-order valence-electron chi connectivity index (χ0n) is 8.82. The second kappa shape index (κ2) is 4.26. The van der Waals surface area contributed by atoms with E-state index < -0.39 is 11.6 Å². The number of thiophene rings is 1. The van der Waals surface area contributed by atoms with Gasteiger partial charge in [0.2, 0.25) is 0 Å². The zero-order chi connectivity index (χ0) is 12.7. The Labute approximate surface area is 110 Å². The van der Waals surface area contributed by atoms with Crippen LogP contribution in [0.1, 0.15) is 0 Å². The van der Waals surface area contributed by atoms with Crippen molar-refractivity contribution in [2.75, 3.05) is 0 Å². The molecule has 0 radical (unpaired) electrons. The van der Waals surface area contributed by atoms with Gasteiger partial charge >= 0.3 is 0 Å². The molecule has 0 amide bonds. The molecular formula is C12H5ClF2N2S. The quantitative estimate of drug-likeness (QED) is 0.622. The first kappa shape index (κ1) is 11.5. The third kappa shape index (κ3) is 1.76. The molecule has 0 saturated heterocycles. The molecule has 18 heavy (non-hydrogen) atoms. The molecule has 3 aromatic rings. The second-order valence-electron chi connectivity index (χ2n) is 3.59. The fraction of sp³-hybridized carbons (Fsp3) is 0. The predicted octanol–water partition coefficient (Wildman–Crippen LogP) is 4.29. The van der Waals surface area contributed by atoms with Gasteiger partial charge in [0.15, 0.2) is 0 Å². The van der Waals surface area contributed by atoms with Crippen molar-refractivity contribution in [3.05, 3.63) is 47.4 Å². The van der Waals surface area contributed by atoms with Crippen molar-refractivity contribution in [1.29, 1.82) is 0 Å². The number of nitrogens with zero attached hydrogens (tertiary/aromatic N) is 2. The number of rotatable bonds is 1. The first-order chi connectivity index (χ1) is 8.66. The van der Waals surface area contributed by atoms with Crippen LogP contribution in [0.3, 0.4) is 0 Å². The van der Waals surface area contributed by atoms with E-state index in [-0.39, 0.29) is 10.7 Å². The fourth-order valence-electron chi connectivity index (χ4n) is 1.68. The van der Waals surface area contributed by atoms with Gasteiger partial charge in [-0.25, -0.2) is 18.7 Å². The van der Waals surface area contributed by atoms with Crippen molar-refractivity contribution in [3.63, 3.8) is 0 Å². The van der Waals surface area contributed by atoms with Gasteiger partial charge < -0.3 is 0 Å².